The average molecular weight is 330 g/mol. The van der Waals surface area contributed by atoms with Gasteiger partial charge in [0, 0.05) is 27.5 Å². The number of likely N-dealkylation sites (N-methyl/N-ethyl adjacent to an activating group) is 1. The van der Waals surface area contributed by atoms with Crippen LogP contribution >= 0.6 is 23.5 Å². The molecule has 0 spiro atoms. The molecule has 0 amide bonds. The zero-order chi connectivity index (χ0) is 15.4. The zero-order valence-electron chi connectivity index (χ0n) is 13.1. The summed E-state index contributed by atoms with van der Waals surface area (Å²) in [6.45, 7) is 4.60. The van der Waals surface area contributed by atoms with Crippen LogP contribution in [0.25, 0.3) is 0 Å². The van der Waals surface area contributed by atoms with Crippen LogP contribution < -0.4 is 10.1 Å². The Balaban J connectivity index is 2.03. The van der Waals surface area contributed by atoms with E-state index < -0.39 is 0 Å². The first kappa shape index (κ1) is 17.0. The van der Waals surface area contributed by atoms with E-state index in [1.807, 2.05) is 24.9 Å². The average Bonchev–Trinajstić information content (AvgIpc) is 2.48. The van der Waals surface area contributed by atoms with Crippen molar-refractivity contribution in [2.75, 3.05) is 19.9 Å². The molecule has 1 heterocycles. The quantitative estimate of drug-likeness (QED) is 0.891. The number of nitrogens with one attached hydrogen (secondary N) is 1. The molecular formula is C16H24FNOS2. The fourth-order valence-electron chi connectivity index (χ4n) is 2.53. The van der Waals surface area contributed by atoms with Crippen LogP contribution in [0.3, 0.4) is 0 Å². The predicted molar refractivity (Wildman–Crippen MR) is 92.3 cm³/mol. The number of hydrogen-bond donors (Lipinski definition) is 1. The van der Waals surface area contributed by atoms with Crippen LogP contribution in [0.2, 0.25) is 0 Å². The van der Waals surface area contributed by atoms with Gasteiger partial charge < -0.3 is 10.1 Å². The SMILES string of the molecule is CNC(Cc1ccc(OC)c(F)c1)C1CSC(C)C(C)S1. The Morgan fingerprint density at radius 3 is 2.71 bits per heavy atom. The van der Waals surface area contributed by atoms with Crippen molar-refractivity contribution in [2.24, 2.45) is 0 Å². The van der Waals surface area contributed by atoms with Gasteiger partial charge in [-0.1, -0.05) is 19.9 Å². The van der Waals surface area contributed by atoms with Crippen molar-refractivity contribution in [3.05, 3.63) is 29.6 Å². The van der Waals surface area contributed by atoms with Crippen molar-refractivity contribution in [1.82, 2.24) is 5.32 Å². The largest absolute Gasteiger partial charge is 0.494 e. The maximum Gasteiger partial charge on any atom is 0.165 e. The highest BCUT2D eigenvalue weighted by Gasteiger charge is 2.30. The van der Waals surface area contributed by atoms with Crippen LogP contribution in [-0.4, -0.2) is 41.7 Å². The van der Waals surface area contributed by atoms with Gasteiger partial charge in [0.2, 0.25) is 0 Å². The first-order valence-electron chi connectivity index (χ1n) is 7.32. The Kier molecular flexibility index (Phi) is 6.26. The summed E-state index contributed by atoms with van der Waals surface area (Å²) in [5.74, 6) is 1.18. The maximum absolute atomic E-state index is 13.8. The highest BCUT2D eigenvalue weighted by molar-refractivity contribution is 8.07. The number of benzene rings is 1. The fraction of sp³-hybridized carbons (Fsp3) is 0.625. The van der Waals surface area contributed by atoms with Gasteiger partial charge >= 0.3 is 0 Å². The first-order valence-corrected chi connectivity index (χ1v) is 9.31. The molecule has 0 radical (unpaired) electrons. The van der Waals surface area contributed by atoms with Gasteiger partial charge in [-0.25, -0.2) is 4.39 Å². The smallest absolute Gasteiger partial charge is 0.165 e. The standard InChI is InChI=1S/C16H24FNOS2/c1-10-11(2)21-16(9-20-10)14(18-3)8-12-5-6-15(19-4)13(17)7-12/h5-7,10-11,14,16,18H,8-9H2,1-4H3. The molecule has 1 aliphatic heterocycles. The molecule has 4 atom stereocenters. The number of ether oxygens (including phenoxy) is 1. The highest BCUT2D eigenvalue weighted by Crippen LogP contribution is 2.37. The summed E-state index contributed by atoms with van der Waals surface area (Å²) in [6.07, 6.45) is 0.844. The molecule has 1 aromatic rings. The molecule has 21 heavy (non-hydrogen) atoms. The fourth-order valence-corrected chi connectivity index (χ4v) is 5.70. The molecule has 118 valence electrons. The van der Waals surface area contributed by atoms with Gasteiger partial charge in [-0.05, 0) is 31.2 Å². The molecule has 4 unspecified atom stereocenters. The Morgan fingerprint density at radius 2 is 2.14 bits per heavy atom. The molecule has 0 aromatic heterocycles. The van der Waals surface area contributed by atoms with Gasteiger partial charge in [0.05, 0.1) is 7.11 Å². The number of hydrogen-bond acceptors (Lipinski definition) is 4. The monoisotopic (exact) mass is 329 g/mol. The molecule has 5 heteroatoms. The number of rotatable bonds is 5. The molecule has 1 aliphatic rings. The van der Waals surface area contributed by atoms with Crippen molar-refractivity contribution in [3.63, 3.8) is 0 Å². The van der Waals surface area contributed by atoms with Gasteiger partial charge in [-0.3, -0.25) is 0 Å². The lowest BCUT2D eigenvalue weighted by atomic mass is 10.0. The lowest BCUT2D eigenvalue weighted by Gasteiger charge is -2.36. The van der Waals surface area contributed by atoms with E-state index in [0.29, 0.717) is 27.5 Å². The van der Waals surface area contributed by atoms with E-state index in [4.69, 9.17) is 4.74 Å². The molecule has 2 rings (SSSR count). The van der Waals surface area contributed by atoms with E-state index in [2.05, 4.69) is 30.9 Å². The van der Waals surface area contributed by atoms with Crippen LogP contribution in [0.4, 0.5) is 4.39 Å². The third-order valence-electron chi connectivity index (χ3n) is 4.07. The van der Waals surface area contributed by atoms with Gasteiger partial charge in [-0.2, -0.15) is 23.5 Å². The van der Waals surface area contributed by atoms with Crippen molar-refractivity contribution >= 4 is 23.5 Å². The molecule has 0 bridgehead atoms. The van der Waals surface area contributed by atoms with Crippen molar-refractivity contribution in [1.29, 1.82) is 0 Å². The zero-order valence-corrected chi connectivity index (χ0v) is 14.7. The Labute approximate surface area is 135 Å². The number of methoxy groups -OCH3 is 1. The molecule has 2 nitrogen and oxygen atoms in total. The summed E-state index contributed by atoms with van der Waals surface area (Å²) < 4.78 is 18.8. The second kappa shape index (κ2) is 7.75. The van der Waals surface area contributed by atoms with Crippen molar-refractivity contribution in [2.45, 2.75) is 42.1 Å². The third kappa shape index (κ3) is 4.30. The number of halogens is 1. The minimum atomic E-state index is -0.280. The maximum atomic E-state index is 13.8. The summed E-state index contributed by atoms with van der Waals surface area (Å²) in [4.78, 5) is 0. The van der Waals surface area contributed by atoms with Crippen LogP contribution in [0, 0.1) is 5.82 Å². The normalized spacial score (nSPS) is 27.4. The van der Waals surface area contributed by atoms with Gasteiger partial charge in [0.25, 0.3) is 0 Å². The molecule has 1 N–H and O–H groups in total. The lowest BCUT2D eigenvalue weighted by molar-refractivity contribution is 0.386. The summed E-state index contributed by atoms with van der Waals surface area (Å²) >= 11 is 4.10. The second-order valence-electron chi connectivity index (χ2n) is 5.49. The molecule has 0 saturated carbocycles. The van der Waals surface area contributed by atoms with Crippen molar-refractivity contribution in [3.8, 4) is 5.75 Å². The summed E-state index contributed by atoms with van der Waals surface area (Å²) in [5.41, 5.74) is 1.02. The van der Waals surface area contributed by atoms with Crippen LogP contribution in [-0.2, 0) is 6.42 Å². The van der Waals surface area contributed by atoms with E-state index in [9.17, 15) is 4.39 Å². The van der Waals surface area contributed by atoms with E-state index in [0.717, 1.165) is 17.7 Å². The lowest BCUT2D eigenvalue weighted by Crippen LogP contribution is -2.43. The van der Waals surface area contributed by atoms with E-state index in [-0.39, 0.29) is 5.82 Å². The minimum Gasteiger partial charge on any atom is -0.494 e. The Hall–Kier alpha value is -0.390. The molecule has 1 saturated heterocycles. The molecular weight excluding hydrogens is 305 g/mol. The highest BCUT2D eigenvalue weighted by atomic mass is 32.2. The van der Waals surface area contributed by atoms with E-state index in [1.165, 1.54) is 7.11 Å². The van der Waals surface area contributed by atoms with Crippen molar-refractivity contribution < 1.29 is 9.13 Å². The van der Waals surface area contributed by atoms with E-state index >= 15 is 0 Å². The second-order valence-corrected chi connectivity index (χ2v) is 8.52. The predicted octanol–water partition coefficient (Wildman–Crippen LogP) is 3.59. The van der Waals surface area contributed by atoms with Crippen LogP contribution in [0.15, 0.2) is 18.2 Å². The first-order chi connectivity index (χ1) is 10.0. The topological polar surface area (TPSA) is 21.3 Å². The number of thioether (sulfide) groups is 2. The Morgan fingerprint density at radius 1 is 1.38 bits per heavy atom. The third-order valence-corrected chi connectivity index (χ3v) is 7.62. The van der Waals surface area contributed by atoms with Crippen LogP contribution in [0.1, 0.15) is 19.4 Å². The molecule has 1 aromatic carbocycles. The van der Waals surface area contributed by atoms with E-state index in [1.54, 1.807) is 12.1 Å². The molecule has 1 fully saturated rings. The van der Waals surface area contributed by atoms with Gasteiger partial charge in [0.1, 0.15) is 0 Å². The summed E-state index contributed by atoms with van der Waals surface area (Å²) in [5, 5.41) is 5.36. The van der Waals surface area contributed by atoms with Gasteiger partial charge in [-0.15, -0.1) is 0 Å². The van der Waals surface area contributed by atoms with Crippen LogP contribution in [0.5, 0.6) is 5.75 Å². The van der Waals surface area contributed by atoms with Gasteiger partial charge in [0.15, 0.2) is 11.6 Å². The summed E-state index contributed by atoms with van der Waals surface area (Å²) in [7, 11) is 3.49. The molecule has 0 aliphatic carbocycles. The minimum absolute atomic E-state index is 0.280. The Bertz CT molecular complexity index is 472. The summed E-state index contributed by atoms with van der Waals surface area (Å²) in [6, 6.07) is 5.63.